The van der Waals surface area contributed by atoms with Crippen molar-refractivity contribution in [3.63, 3.8) is 0 Å². The molecular formula is C20H24ClN3O4. The largest absolute Gasteiger partial charge is 0.493 e. The first-order chi connectivity index (χ1) is 13.6. The van der Waals surface area contributed by atoms with Crippen LogP contribution in [0.2, 0.25) is 5.02 Å². The Kier molecular flexibility index (Phi) is 6.92. The molecule has 2 aromatic rings. The second-order valence-corrected chi connectivity index (χ2v) is 7.14. The molecule has 0 bridgehead atoms. The molecule has 7 nitrogen and oxygen atoms in total. The zero-order chi connectivity index (χ0) is 19.9. The Morgan fingerprint density at radius 1 is 1.21 bits per heavy atom. The number of hydrogen-bond acceptors (Lipinski definition) is 5. The minimum Gasteiger partial charge on any atom is -0.493 e. The van der Waals surface area contributed by atoms with Gasteiger partial charge in [0, 0.05) is 24.7 Å². The van der Waals surface area contributed by atoms with E-state index in [0.29, 0.717) is 54.0 Å². The van der Waals surface area contributed by atoms with Crippen LogP contribution in [0.5, 0.6) is 5.75 Å². The Morgan fingerprint density at radius 2 is 2.00 bits per heavy atom. The van der Waals surface area contributed by atoms with Crippen molar-refractivity contribution in [1.82, 2.24) is 15.2 Å². The lowest BCUT2D eigenvalue weighted by atomic mass is 10.1. The fourth-order valence-electron chi connectivity index (χ4n) is 3.09. The molecule has 3 rings (SSSR count). The molecule has 0 saturated carbocycles. The van der Waals surface area contributed by atoms with Crippen LogP contribution in [0.25, 0.3) is 0 Å². The molecule has 0 atom stereocenters. The Hall–Kier alpha value is -2.54. The van der Waals surface area contributed by atoms with Crippen molar-refractivity contribution in [3.8, 4) is 5.75 Å². The normalized spacial score (nSPS) is 16.5. The SMILES string of the molecule is Cc1ocnc1C(=O)N1CCCCNC(=O)c2cc(Cl)ccc2OCCCC1. The molecule has 2 heterocycles. The molecule has 1 aromatic heterocycles. The summed E-state index contributed by atoms with van der Waals surface area (Å²) in [5.74, 6) is 0.712. The Morgan fingerprint density at radius 3 is 2.75 bits per heavy atom. The smallest absolute Gasteiger partial charge is 0.276 e. The van der Waals surface area contributed by atoms with Crippen LogP contribution < -0.4 is 10.1 Å². The van der Waals surface area contributed by atoms with Crippen molar-refractivity contribution in [3.05, 3.63) is 46.6 Å². The molecule has 0 saturated heterocycles. The minimum atomic E-state index is -0.208. The van der Waals surface area contributed by atoms with Gasteiger partial charge in [0.1, 0.15) is 11.5 Å². The summed E-state index contributed by atoms with van der Waals surface area (Å²) < 4.78 is 11.0. The number of aromatic nitrogens is 1. The van der Waals surface area contributed by atoms with Gasteiger partial charge in [-0.25, -0.2) is 4.98 Å². The summed E-state index contributed by atoms with van der Waals surface area (Å²) in [6.07, 6.45) is 4.37. The fraction of sp³-hybridized carbons (Fsp3) is 0.450. The summed E-state index contributed by atoms with van der Waals surface area (Å²) in [6, 6.07) is 5.04. The molecule has 150 valence electrons. The first-order valence-electron chi connectivity index (χ1n) is 9.46. The third-order valence-corrected chi connectivity index (χ3v) is 4.88. The van der Waals surface area contributed by atoms with Crippen molar-refractivity contribution in [2.75, 3.05) is 26.2 Å². The Bertz CT molecular complexity index is 837. The summed E-state index contributed by atoms with van der Waals surface area (Å²) in [4.78, 5) is 31.1. The number of oxazole rings is 1. The van der Waals surface area contributed by atoms with Crippen molar-refractivity contribution in [2.24, 2.45) is 0 Å². The summed E-state index contributed by atoms with van der Waals surface area (Å²) in [6.45, 7) is 3.92. The Labute approximate surface area is 169 Å². The van der Waals surface area contributed by atoms with Gasteiger partial charge in [0.05, 0.1) is 12.2 Å². The topological polar surface area (TPSA) is 84.7 Å². The molecule has 1 aliphatic heterocycles. The van der Waals surface area contributed by atoms with Gasteiger partial charge in [0.25, 0.3) is 11.8 Å². The highest BCUT2D eigenvalue weighted by atomic mass is 35.5. The lowest BCUT2D eigenvalue weighted by molar-refractivity contribution is 0.0738. The maximum absolute atomic E-state index is 12.8. The maximum atomic E-state index is 12.8. The van der Waals surface area contributed by atoms with Crippen molar-refractivity contribution in [1.29, 1.82) is 0 Å². The zero-order valence-corrected chi connectivity index (χ0v) is 16.6. The lowest BCUT2D eigenvalue weighted by Crippen LogP contribution is -2.34. The van der Waals surface area contributed by atoms with Gasteiger partial charge >= 0.3 is 0 Å². The van der Waals surface area contributed by atoms with Crippen LogP contribution in [0.4, 0.5) is 0 Å². The number of halogens is 1. The molecule has 0 fully saturated rings. The van der Waals surface area contributed by atoms with Crippen LogP contribution in [0.15, 0.2) is 29.0 Å². The second-order valence-electron chi connectivity index (χ2n) is 6.71. The highest BCUT2D eigenvalue weighted by Crippen LogP contribution is 2.23. The summed E-state index contributed by atoms with van der Waals surface area (Å²) in [7, 11) is 0. The summed E-state index contributed by atoms with van der Waals surface area (Å²) in [5.41, 5.74) is 0.805. The van der Waals surface area contributed by atoms with E-state index in [4.69, 9.17) is 20.8 Å². The number of aryl methyl sites for hydroxylation is 1. The fourth-order valence-corrected chi connectivity index (χ4v) is 3.26. The quantitative estimate of drug-likeness (QED) is 0.785. The molecule has 0 aliphatic carbocycles. The average Bonchev–Trinajstić information content (AvgIpc) is 3.11. The number of benzene rings is 1. The van der Waals surface area contributed by atoms with Crippen LogP contribution in [-0.4, -0.2) is 47.9 Å². The molecular weight excluding hydrogens is 382 g/mol. The minimum absolute atomic E-state index is 0.122. The first kappa shape index (κ1) is 20.2. The van der Waals surface area contributed by atoms with Gasteiger partial charge in [0.15, 0.2) is 12.1 Å². The van der Waals surface area contributed by atoms with Gasteiger partial charge in [-0.2, -0.15) is 0 Å². The van der Waals surface area contributed by atoms with E-state index >= 15 is 0 Å². The average molecular weight is 406 g/mol. The standard InChI is InChI=1S/C20H24ClN3O4/c1-14-18(23-13-28-14)20(26)24-9-3-2-8-22-19(25)16-12-15(21)6-7-17(16)27-11-5-4-10-24/h6-7,12-13H,2-5,8-11H2,1H3,(H,22,25). The number of ether oxygens (including phenoxy) is 1. The summed E-state index contributed by atoms with van der Waals surface area (Å²) in [5, 5.41) is 3.39. The zero-order valence-electron chi connectivity index (χ0n) is 15.9. The van der Waals surface area contributed by atoms with Crippen molar-refractivity contribution in [2.45, 2.75) is 32.6 Å². The van der Waals surface area contributed by atoms with E-state index in [-0.39, 0.29) is 11.8 Å². The summed E-state index contributed by atoms with van der Waals surface area (Å²) >= 11 is 6.03. The molecule has 0 spiro atoms. The molecule has 0 radical (unpaired) electrons. The van der Waals surface area contributed by atoms with Crippen LogP contribution in [0, 0.1) is 6.92 Å². The van der Waals surface area contributed by atoms with Crippen LogP contribution in [0.3, 0.4) is 0 Å². The van der Waals surface area contributed by atoms with Crippen molar-refractivity contribution >= 4 is 23.4 Å². The number of hydrogen-bond donors (Lipinski definition) is 1. The third kappa shape index (κ3) is 5.04. The van der Waals surface area contributed by atoms with Gasteiger partial charge in [-0.1, -0.05) is 11.6 Å². The van der Waals surface area contributed by atoms with E-state index < -0.39 is 0 Å². The predicted molar refractivity (Wildman–Crippen MR) is 105 cm³/mol. The van der Waals surface area contributed by atoms with E-state index in [0.717, 1.165) is 25.7 Å². The number of carbonyl (C=O) groups is 2. The number of nitrogens with zero attached hydrogens (tertiary/aromatic N) is 2. The molecule has 8 heteroatoms. The number of rotatable bonds is 1. The number of nitrogens with one attached hydrogen (secondary N) is 1. The van der Waals surface area contributed by atoms with Crippen LogP contribution in [-0.2, 0) is 0 Å². The Balaban J connectivity index is 1.68. The second kappa shape index (κ2) is 9.59. The van der Waals surface area contributed by atoms with E-state index in [2.05, 4.69) is 10.3 Å². The van der Waals surface area contributed by atoms with Gasteiger partial charge in [-0.3, -0.25) is 9.59 Å². The predicted octanol–water partition coefficient (Wildman–Crippen LogP) is 3.46. The van der Waals surface area contributed by atoms with E-state index in [1.165, 1.54) is 6.39 Å². The molecule has 28 heavy (non-hydrogen) atoms. The van der Waals surface area contributed by atoms with Gasteiger partial charge in [0.2, 0.25) is 0 Å². The van der Waals surface area contributed by atoms with Gasteiger partial charge < -0.3 is 19.4 Å². The lowest BCUT2D eigenvalue weighted by Gasteiger charge is -2.22. The monoisotopic (exact) mass is 405 g/mol. The molecule has 2 amide bonds. The first-order valence-corrected chi connectivity index (χ1v) is 9.84. The van der Waals surface area contributed by atoms with Crippen LogP contribution >= 0.6 is 11.6 Å². The van der Waals surface area contributed by atoms with Gasteiger partial charge in [-0.15, -0.1) is 0 Å². The van der Waals surface area contributed by atoms with Gasteiger partial charge in [-0.05, 0) is 50.8 Å². The van der Waals surface area contributed by atoms with E-state index in [1.54, 1.807) is 30.0 Å². The number of carbonyl (C=O) groups excluding carboxylic acids is 2. The van der Waals surface area contributed by atoms with E-state index in [1.807, 2.05) is 0 Å². The number of amides is 2. The molecule has 1 aliphatic rings. The van der Waals surface area contributed by atoms with Crippen molar-refractivity contribution < 1.29 is 18.7 Å². The third-order valence-electron chi connectivity index (χ3n) is 4.64. The molecule has 1 aromatic carbocycles. The highest BCUT2D eigenvalue weighted by molar-refractivity contribution is 6.31. The van der Waals surface area contributed by atoms with Crippen LogP contribution in [0.1, 0.15) is 52.3 Å². The maximum Gasteiger partial charge on any atom is 0.276 e. The molecule has 0 unspecified atom stereocenters. The highest BCUT2D eigenvalue weighted by Gasteiger charge is 2.21. The molecule has 1 N–H and O–H groups in total. The van der Waals surface area contributed by atoms with E-state index in [9.17, 15) is 9.59 Å². The number of fused-ring (bicyclic) bond motifs is 1.